The van der Waals surface area contributed by atoms with Gasteiger partial charge in [-0.15, -0.1) is 0 Å². The molecule has 1 aromatic carbocycles. The van der Waals surface area contributed by atoms with Gasteiger partial charge in [0.15, 0.2) is 15.8 Å². The minimum absolute atomic E-state index is 0.0129. The Balaban J connectivity index is 1.64. The molecule has 0 saturated carbocycles. The molecule has 0 bridgehead atoms. The summed E-state index contributed by atoms with van der Waals surface area (Å²) in [5.74, 6) is 0.279. The molecule has 0 aromatic heterocycles. The summed E-state index contributed by atoms with van der Waals surface area (Å²) in [5.41, 5.74) is 5.77. The molecule has 0 unspecified atom stereocenters. The molecule has 8 heteroatoms. The van der Waals surface area contributed by atoms with Crippen LogP contribution in [0.1, 0.15) is 6.42 Å². The van der Waals surface area contributed by atoms with Gasteiger partial charge in [-0.05, 0) is 18.6 Å². The van der Waals surface area contributed by atoms with Crippen LogP contribution in [-0.2, 0) is 14.6 Å². The van der Waals surface area contributed by atoms with Crippen LogP contribution in [0, 0.1) is 0 Å². The molecule has 1 aliphatic heterocycles. The molecule has 7 nitrogen and oxygen atoms in total. The summed E-state index contributed by atoms with van der Waals surface area (Å²) in [6, 6.07) is 8.41. The Morgan fingerprint density at radius 3 is 2.67 bits per heavy atom. The summed E-state index contributed by atoms with van der Waals surface area (Å²) in [6.45, 7) is 5.37. The van der Waals surface area contributed by atoms with E-state index >= 15 is 0 Å². The van der Waals surface area contributed by atoms with Gasteiger partial charge < -0.3 is 15.8 Å². The average Bonchev–Trinajstić information content (AvgIpc) is 2.60. The van der Waals surface area contributed by atoms with Gasteiger partial charge in [-0.3, -0.25) is 9.89 Å². The Hall–Kier alpha value is -1.64. The molecule has 0 radical (unpaired) electrons. The maximum absolute atomic E-state index is 12.1. The summed E-state index contributed by atoms with van der Waals surface area (Å²) >= 11 is 0. The van der Waals surface area contributed by atoms with Gasteiger partial charge in [-0.2, -0.15) is 0 Å². The van der Waals surface area contributed by atoms with Crippen molar-refractivity contribution in [3.63, 3.8) is 0 Å². The van der Waals surface area contributed by atoms with Crippen LogP contribution < -0.4 is 11.1 Å². The highest BCUT2D eigenvalue weighted by Crippen LogP contribution is 2.09. The predicted octanol–water partition coefficient (Wildman–Crippen LogP) is 0.0869. The summed E-state index contributed by atoms with van der Waals surface area (Å²) in [7, 11) is -3.29. The van der Waals surface area contributed by atoms with Gasteiger partial charge in [0.25, 0.3) is 0 Å². The number of nitrogens with one attached hydrogen (secondary N) is 1. The standard InChI is InChI=1S/C16H26N4O3S/c17-16(18-7-4-9-20-10-12-23-13-11-20)19-8-14-24(21,22)15-5-2-1-3-6-15/h1-3,5-6H,4,7-14H2,(H3,17,18,19). The van der Waals surface area contributed by atoms with Crippen LogP contribution in [0.25, 0.3) is 0 Å². The Labute approximate surface area is 143 Å². The van der Waals surface area contributed by atoms with E-state index in [4.69, 9.17) is 10.5 Å². The number of guanidine groups is 1. The highest BCUT2D eigenvalue weighted by atomic mass is 32.2. The van der Waals surface area contributed by atoms with Gasteiger partial charge >= 0.3 is 0 Å². The lowest BCUT2D eigenvalue weighted by atomic mass is 10.3. The number of nitrogens with two attached hydrogens (primary N) is 1. The first-order valence-corrected chi connectivity index (χ1v) is 9.85. The molecule has 0 spiro atoms. The lowest BCUT2D eigenvalue weighted by Gasteiger charge is -2.26. The van der Waals surface area contributed by atoms with Gasteiger partial charge in [0.2, 0.25) is 0 Å². The predicted molar refractivity (Wildman–Crippen MR) is 94.9 cm³/mol. The van der Waals surface area contributed by atoms with Crippen LogP contribution in [0.4, 0.5) is 0 Å². The van der Waals surface area contributed by atoms with Crippen LogP contribution in [0.15, 0.2) is 40.2 Å². The van der Waals surface area contributed by atoms with E-state index in [0.29, 0.717) is 17.4 Å². The number of rotatable bonds is 8. The minimum Gasteiger partial charge on any atom is -0.379 e. The molecule has 24 heavy (non-hydrogen) atoms. The third-order valence-corrected chi connectivity index (χ3v) is 5.53. The second-order valence-electron chi connectivity index (χ2n) is 5.63. The molecule has 1 heterocycles. The zero-order chi connectivity index (χ0) is 17.3. The molecule has 1 aliphatic rings. The fourth-order valence-electron chi connectivity index (χ4n) is 2.43. The minimum atomic E-state index is -3.29. The molecule has 2 rings (SSSR count). The molecular weight excluding hydrogens is 328 g/mol. The summed E-state index contributed by atoms with van der Waals surface area (Å²) in [5, 5.41) is 2.86. The summed E-state index contributed by atoms with van der Waals surface area (Å²) in [4.78, 5) is 6.90. The van der Waals surface area contributed by atoms with E-state index in [9.17, 15) is 8.42 Å². The Bertz CT molecular complexity index is 613. The Kier molecular flexibility index (Phi) is 7.48. The van der Waals surface area contributed by atoms with Crippen molar-refractivity contribution in [2.45, 2.75) is 11.3 Å². The molecule has 1 fully saturated rings. The van der Waals surface area contributed by atoms with Crippen molar-refractivity contribution in [3.05, 3.63) is 30.3 Å². The van der Waals surface area contributed by atoms with Crippen LogP contribution >= 0.6 is 0 Å². The third kappa shape index (κ3) is 6.46. The number of ether oxygens (including phenoxy) is 1. The zero-order valence-electron chi connectivity index (χ0n) is 13.9. The van der Waals surface area contributed by atoms with Crippen LogP contribution in [0.3, 0.4) is 0 Å². The molecule has 1 saturated heterocycles. The molecule has 0 aliphatic carbocycles. The van der Waals surface area contributed by atoms with Gasteiger partial charge in [0.05, 0.1) is 23.9 Å². The molecule has 134 valence electrons. The summed E-state index contributed by atoms with van der Waals surface area (Å²) < 4.78 is 29.5. The highest BCUT2D eigenvalue weighted by Gasteiger charge is 2.13. The maximum atomic E-state index is 12.1. The lowest BCUT2D eigenvalue weighted by molar-refractivity contribution is 0.0377. The second kappa shape index (κ2) is 9.61. The van der Waals surface area contributed by atoms with E-state index in [2.05, 4.69) is 15.2 Å². The van der Waals surface area contributed by atoms with E-state index in [-0.39, 0.29) is 12.3 Å². The molecule has 0 atom stereocenters. The number of nitrogens with zero attached hydrogens (tertiary/aromatic N) is 2. The zero-order valence-corrected chi connectivity index (χ0v) is 14.7. The Morgan fingerprint density at radius 2 is 1.96 bits per heavy atom. The van der Waals surface area contributed by atoms with Crippen LogP contribution in [0.5, 0.6) is 0 Å². The maximum Gasteiger partial charge on any atom is 0.188 e. The first-order chi connectivity index (χ1) is 11.6. The van der Waals surface area contributed by atoms with Crippen molar-refractivity contribution >= 4 is 15.8 Å². The molecule has 1 aromatic rings. The van der Waals surface area contributed by atoms with E-state index in [0.717, 1.165) is 39.3 Å². The van der Waals surface area contributed by atoms with Gasteiger partial charge in [0.1, 0.15) is 0 Å². The van der Waals surface area contributed by atoms with E-state index in [1.165, 1.54) is 0 Å². The topological polar surface area (TPSA) is 97.0 Å². The normalized spacial score (nSPS) is 16.9. The first-order valence-electron chi connectivity index (χ1n) is 8.19. The number of aliphatic imine (C=N–C) groups is 1. The smallest absolute Gasteiger partial charge is 0.188 e. The Morgan fingerprint density at radius 1 is 1.25 bits per heavy atom. The fraction of sp³-hybridized carbons (Fsp3) is 0.562. The van der Waals surface area contributed by atoms with Crippen LogP contribution in [0.2, 0.25) is 0 Å². The number of benzene rings is 1. The van der Waals surface area contributed by atoms with E-state index in [1.54, 1.807) is 30.3 Å². The second-order valence-corrected chi connectivity index (χ2v) is 7.74. The lowest BCUT2D eigenvalue weighted by Crippen LogP contribution is -2.37. The molecular formula is C16H26N4O3S. The van der Waals surface area contributed by atoms with Crippen molar-refractivity contribution < 1.29 is 13.2 Å². The van der Waals surface area contributed by atoms with Gasteiger partial charge in [0, 0.05) is 32.7 Å². The molecule has 0 amide bonds. The van der Waals surface area contributed by atoms with Crippen molar-refractivity contribution in [2.75, 3.05) is 51.7 Å². The fourth-order valence-corrected chi connectivity index (χ4v) is 3.61. The summed E-state index contributed by atoms with van der Waals surface area (Å²) in [6.07, 6.45) is 0.921. The number of hydrogen-bond acceptors (Lipinski definition) is 5. The third-order valence-electron chi connectivity index (χ3n) is 3.80. The average molecular weight is 354 g/mol. The molecule has 3 N–H and O–H groups in total. The highest BCUT2D eigenvalue weighted by molar-refractivity contribution is 7.91. The van der Waals surface area contributed by atoms with Gasteiger partial charge in [-0.1, -0.05) is 18.2 Å². The van der Waals surface area contributed by atoms with Crippen molar-refractivity contribution in [3.8, 4) is 0 Å². The number of hydrogen-bond donors (Lipinski definition) is 2. The SMILES string of the molecule is NC(=NCCCN1CCOCC1)NCCS(=O)(=O)c1ccccc1. The largest absolute Gasteiger partial charge is 0.379 e. The van der Waals surface area contributed by atoms with Crippen LogP contribution in [-0.4, -0.2) is 71.0 Å². The quantitative estimate of drug-likeness (QED) is 0.390. The first kappa shape index (κ1) is 18.7. The van der Waals surface area contributed by atoms with E-state index in [1.807, 2.05) is 0 Å². The monoisotopic (exact) mass is 354 g/mol. The van der Waals surface area contributed by atoms with Gasteiger partial charge in [-0.25, -0.2) is 8.42 Å². The number of morpholine rings is 1. The van der Waals surface area contributed by atoms with E-state index < -0.39 is 9.84 Å². The van der Waals surface area contributed by atoms with Crippen molar-refractivity contribution in [1.29, 1.82) is 0 Å². The number of sulfone groups is 1. The van der Waals surface area contributed by atoms with Crippen molar-refractivity contribution in [1.82, 2.24) is 10.2 Å². The van der Waals surface area contributed by atoms with Crippen molar-refractivity contribution in [2.24, 2.45) is 10.7 Å².